The third-order valence-electron chi connectivity index (χ3n) is 8.77. The van der Waals surface area contributed by atoms with Gasteiger partial charge in [-0.05, 0) is 49.6 Å². The van der Waals surface area contributed by atoms with E-state index in [2.05, 4.69) is 86.8 Å². The summed E-state index contributed by atoms with van der Waals surface area (Å²) in [6, 6.07) is 10.2. The van der Waals surface area contributed by atoms with Crippen LogP contribution in [0.25, 0.3) is 0 Å². The van der Waals surface area contributed by atoms with Gasteiger partial charge in [0.05, 0.1) is 24.9 Å². The van der Waals surface area contributed by atoms with Crippen molar-refractivity contribution in [3.63, 3.8) is 0 Å². The summed E-state index contributed by atoms with van der Waals surface area (Å²) >= 11 is 0. The van der Waals surface area contributed by atoms with Crippen molar-refractivity contribution in [3.05, 3.63) is 35.9 Å². The van der Waals surface area contributed by atoms with Crippen LogP contribution in [0.4, 0.5) is 0 Å². The summed E-state index contributed by atoms with van der Waals surface area (Å²) in [6.45, 7) is 26.3. The molecule has 3 rings (SSSR count). The smallest absolute Gasteiger partial charge is 0.192 e. The largest absolute Gasteiger partial charge is 0.417 e. The van der Waals surface area contributed by atoms with E-state index in [0.717, 1.165) is 18.4 Å². The first kappa shape index (κ1) is 29.0. The lowest BCUT2D eigenvalue weighted by atomic mass is 9.87. The average Bonchev–Trinajstić information content (AvgIpc) is 2.72. The monoisotopic (exact) mass is 522 g/mol. The summed E-state index contributed by atoms with van der Waals surface area (Å²) in [5.41, 5.74) is 0.543. The summed E-state index contributed by atoms with van der Waals surface area (Å²) in [5.74, 6) is 0. The first-order valence-corrected chi connectivity index (χ1v) is 19.1. The zero-order valence-electron chi connectivity index (χ0n) is 24.1. The van der Waals surface area contributed by atoms with E-state index in [0.29, 0.717) is 13.2 Å². The van der Waals surface area contributed by atoms with Crippen LogP contribution < -0.4 is 0 Å². The maximum Gasteiger partial charge on any atom is 0.192 e. The molecule has 0 radical (unpaired) electrons. The Balaban J connectivity index is 1.78. The highest BCUT2D eigenvalue weighted by Gasteiger charge is 2.53. The zero-order valence-corrected chi connectivity index (χ0v) is 26.1. The Bertz CT molecular complexity index is 830. The second-order valence-corrected chi connectivity index (χ2v) is 23.3. The third-order valence-corrected chi connectivity index (χ3v) is 17.8. The Hall–Kier alpha value is -0.546. The Labute approximate surface area is 216 Å². The highest BCUT2D eigenvalue weighted by atomic mass is 28.4. The van der Waals surface area contributed by atoms with Crippen LogP contribution in [0.3, 0.4) is 0 Å². The molecule has 200 valence electrons. The molecule has 2 heterocycles. The Morgan fingerprint density at radius 2 is 1.54 bits per heavy atom. The van der Waals surface area contributed by atoms with E-state index in [1.165, 1.54) is 0 Å². The molecule has 2 saturated heterocycles. The topological polar surface area (TPSA) is 46.2 Å². The normalized spacial score (nSPS) is 30.7. The van der Waals surface area contributed by atoms with Gasteiger partial charge in [-0.1, -0.05) is 71.9 Å². The van der Waals surface area contributed by atoms with Crippen molar-refractivity contribution < 1.29 is 23.1 Å². The van der Waals surface area contributed by atoms with Gasteiger partial charge < -0.3 is 23.1 Å². The molecule has 2 aliphatic heterocycles. The molecule has 7 heteroatoms. The number of benzene rings is 1. The predicted octanol–water partition coefficient (Wildman–Crippen LogP) is 7.45. The first-order valence-electron chi connectivity index (χ1n) is 13.3. The van der Waals surface area contributed by atoms with Crippen LogP contribution in [-0.4, -0.2) is 53.8 Å². The molecule has 2 fully saturated rings. The summed E-state index contributed by atoms with van der Waals surface area (Å²) in [5, 5.41) is 0.311. The van der Waals surface area contributed by atoms with Crippen LogP contribution in [0, 0.1) is 0 Å². The molecule has 0 amide bonds. The number of rotatable bonds is 7. The lowest BCUT2D eigenvalue weighted by molar-refractivity contribution is -0.337. The van der Waals surface area contributed by atoms with Gasteiger partial charge in [0.25, 0.3) is 0 Å². The number of ether oxygens (including phenoxy) is 3. The van der Waals surface area contributed by atoms with Crippen LogP contribution in [0.2, 0.25) is 36.3 Å². The van der Waals surface area contributed by atoms with Crippen molar-refractivity contribution in [2.75, 3.05) is 13.2 Å². The molecular formula is C28H50O5Si2. The van der Waals surface area contributed by atoms with Gasteiger partial charge in [-0.2, -0.15) is 0 Å². The van der Waals surface area contributed by atoms with Crippen molar-refractivity contribution in [1.29, 1.82) is 0 Å². The molecular weight excluding hydrogens is 472 g/mol. The molecule has 0 N–H and O–H groups in total. The molecule has 0 saturated carbocycles. The van der Waals surface area contributed by atoms with Crippen LogP contribution in [0.15, 0.2) is 30.3 Å². The fourth-order valence-corrected chi connectivity index (χ4v) is 6.64. The number of hydrogen-bond acceptors (Lipinski definition) is 5. The Morgan fingerprint density at radius 3 is 2.11 bits per heavy atom. The highest BCUT2D eigenvalue weighted by molar-refractivity contribution is 6.74. The van der Waals surface area contributed by atoms with E-state index < -0.39 is 22.2 Å². The fourth-order valence-electron chi connectivity index (χ4n) is 4.22. The van der Waals surface area contributed by atoms with Gasteiger partial charge in [-0.25, -0.2) is 0 Å². The minimum atomic E-state index is -2.00. The van der Waals surface area contributed by atoms with Gasteiger partial charge >= 0.3 is 0 Å². The average molecular weight is 523 g/mol. The van der Waals surface area contributed by atoms with Gasteiger partial charge in [-0.15, -0.1) is 0 Å². The van der Waals surface area contributed by atoms with Gasteiger partial charge in [-0.3, -0.25) is 0 Å². The minimum Gasteiger partial charge on any atom is -0.417 e. The molecule has 2 aliphatic rings. The lowest BCUT2D eigenvalue weighted by Crippen LogP contribution is -2.63. The van der Waals surface area contributed by atoms with Crippen molar-refractivity contribution in [2.24, 2.45) is 0 Å². The maximum atomic E-state index is 6.99. The van der Waals surface area contributed by atoms with Gasteiger partial charge in [0.15, 0.2) is 22.9 Å². The van der Waals surface area contributed by atoms with E-state index >= 15 is 0 Å². The molecule has 5 nitrogen and oxygen atoms in total. The molecule has 1 aromatic carbocycles. The SMILES string of the molecule is CC(C)(C)[Si](C)(C)OCC[C@@H]1O[C@]2(C)CO[C@@H](c3ccccc3)O[C@H]2C[C@H]1O[Si](C)(C)C(C)(C)C. The summed E-state index contributed by atoms with van der Waals surface area (Å²) in [4.78, 5) is 0. The highest BCUT2D eigenvalue weighted by Crippen LogP contribution is 2.45. The molecule has 5 atom stereocenters. The maximum absolute atomic E-state index is 6.99. The van der Waals surface area contributed by atoms with Crippen molar-refractivity contribution >= 4 is 16.6 Å². The number of hydrogen-bond donors (Lipinski definition) is 0. The van der Waals surface area contributed by atoms with E-state index in [1.807, 2.05) is 18.2 Å². The summed E-state index contributed by atoms with van der Waals surface area (Å²) in [6.07, 6.45) is 1.09. The molecule has 0 aliphatic carbocycles. The Kier molecular flexibility index (Phi) is 8.55. The molecule has 0 bridgehead atoms. The molecule has 0 aromatic heterocycles. The molecule has 0 spiro atoms. The lowest BCUT2D eigenvalue weighted by Gasteiger charge is -2.53. The molecule has 1 aromatic rings. The van der Waals surface area contributed by atoms with Crippen LogP contribution >= 0.6 is 0 Å². The summed E-state index contributed by atoms with van der Waals surface area (Å²) in [7, 11) is -3.83. The third kappa shape index (κ3) is 6.67. The second kappa shape index (κ2) is 10.3. The standard InChI is InChI=1S/C28H50O5Si2/c1-26(2,3)34(8,9)30-18-17-22-23(33-35(10,11)27(4,5)6)19-24-28(7,32-22)20-29-25(31-24)21-15-13-12-14-16-21/h12-16,22-25H,17-20H2,1-11H3/t22-,23+,24-,25+,28+/m0/s1. The number of fused-ring (bicyclic) bond motifs is 1. The van der Waals surface area contributed by atoms with Crippen molar-refractivity contribution in [2.45, 2.75) is 128 Å². The quantitative estimate of drug-likeness (QED) is 0.348. The van der Waals surface area contributed by atoms with E-state index in [4.69, 9.17) is 23.1 Å². The molecule has 0 unspecified atom stereocenters. The van der Waals surface area contributed by atoms with Gasteiger partial charge in [0.2, 0.25) is 0 Å². The van der Waals surface area contributed by atoms with E-state index in [-0.39, 0.29) is 34.7 Å². The van der Waals surface area contributed by atoms with Gasteiger partial charge in [0.1, 0.15) is 5.60 Å². The Morgan fingerprint density at radius 1 is 0.943 bits per heavy atom. The summed E-state index contributed by atoms with van der Waals surface area (Å²) < 4.78 is 33.0. The van der Waals surface area contributed by atoms with Crippen LogP contribution in [0.1, 0.15) is 73.2 Å². The molecule has 35 heavy (non-hydrogen) atoms. The van der Waals surface area contributed by atoms with Crippen molar-refractivity contribution in [3.8, 4) is 0 Å². The van der Waals surface area contributed by atoms with Gasteiger partial charge in [0, 0.05) is 18.6 Å². The first-order chi connectivity index (χ1) is 16.0. The van der Waals surface area contributed by atoms with Crippen LogP contribution in [0.5, 0.6) is 0 Å². The predicted molar refractivity (Wildman–Crippen MR) is 148 cm³/mol. The minimum absolute atomic E-state index is 0.0218. The van der Waals surface area contributed by atoms with Crippen molar-refractivity contribution in [1.82, 2.24) is 0 Å². The van der Waals surface area contributed by atoms with E-state index in [9.17, 15) is 0 Å². The zero-order chi connectivity index (χ0) is 26.3. The fraction of sp³-hybridized carbons (Fsp3) is 0.786. The van der Waals surface area contributed by atoms with Crippen LogP contribution in [-0.2, 0) is 23.1 Å². The van der Waals surface area contributed by atoms with E-state index in [1.54, 1.807) is 0 Å². The second-order valence-electron chi connectivity index (χ2n) is 13.7.